The number of rotatable bonds is 6. The zero-order chi connectivity index (χ0) is 10.7. The zero-order valence-electron chi connectivity index (χ0n) is 8.75. The van der Waals surface area contributed by atoms with Gasteiger partial charge in [-0.25, -0.2) is 13.1 Å². The summed E-state index contributed by atoms with van der Waals surface area (Å²) in [7, 11) is -3.13. The summed E-state index contributed by atoms with van der Waals surface area (Å²) in [5.74, 6) is 0.0345. The van der Waals surface area contributed by atoms with E-state index in [1.54, 1.807) is 0 Å². The minimum Gasteiger partial charge on any atom is -0.329 e. The molecule has 0 unspecified atom stereocenters. The highest BCUT2D eigenvalue weighted by Crippen LogP contribution is 2.43. The average molecular weight is 220 g/mol. The van der Waals surface area contributed by atoms with Crippen LogP contribution in [0.15, 0.2) is 0 Å². The van der Waals surface area contributed by atoms with Gasteiger partial charge in [0.15, 0.2) is 0 Å². The Kier molecular flexibility index (Phi) is 3.92. The first-order valence-electron chi connectivity index (χ1n) is 5.21. The first-order chi connectivity index (χ1) is 6.54. The van der Waals surface area contributed by atoms with E-state index in [-0.39, 0.29) is 17.7 Å². The van der Waals surface area contributed by atoms with Crippen LogP contribution in [0.4, 0.5) is 0 Å². The Balaban J connectivity index is 2.39. The third kappa shape index (κ3) is 2.93. The summed E-state index contributed by atoms with van der Waals surface area (Å²) in [5, 5.41) is 0. The van der Waals surface area contributed by atoms with Crippen molar-refractivity contribution in [1.29, 1.82) is 0 Å². The van der Waals surface area contributed by atoms with Gasteiger partial charge in [-0.3, -0.25) is 0 Å². The fourth-order valence-corrected chi connectivity index (χ4v) is 2.80. The van der Waals surface area contributed by atoms with Gasteiger partial charge in [-0.2, -0.15) is 0 Å². The van der Waals surface area contributed by atoms with Crippen LogP contribution < -0.4 is 10.5 Å². The average Bonchev–Trinajstić information content (AvgIpc) is 2.03. The summed E-state index contributed by atoms with van der Waals surface area (Å²) in [6.07, 6.45) is 4.58. The van der Waals surface area contributed by atoms with Gasteiger partial charge in [0.05, 0.1) is 5.75 Å². The molecule has 0 aromatic carbocycles. The predicted octanol–water partition coefficient (Wildman–Crippen LogP) is 0.445. The minimum atomic E-state index is -3.13. The van der Waals surface area contributed by atoms with Crippen LogP contribution >= 0.6 is 0 Å². The number of hydrogen-bond donors (Lipinski definition) is 2. The van der Waals surface area contributed by atoms with E-state index in [0.717, 1.165) is 19.3 Å². The molecule has 0 aliphatic heterocycles. The summed E-state index contributed by atoms with van der Waals surface area (Å²) in [6, 6.07) is 0. The highest BCUT2D eigenvalue weighted by atomic mass is 32.2. The van der Waals surface area contributed by atoms with E-state index in [1.165, 1.54) is 6.42 Å². The molecule has 4 nitrogen and oxygen atoms in total. The molecule has 1 aliphatic carbocycles. The molecule has 0 amide bonds. The lowest BCUT2D eigenvalue weighted by Gasteiger charge is -2.41. The third-order valence-corrected chi connectivity index (χ3v) is 4.58. The maximum absolute atomic E-state index is 11.3. The van der Waals surface area contributed by atoms with Crippen molar-refractivity contribution >= 4 is 10.0 Å². The second-order valence-corrected chi connectivity index (χ2v) is 6.06. The summed E-state index contributed by atoms with van der Waals surface area (Å²) in [4.78, 5) is 0. The Morgan fingerprint density at radius 1 is 1.43 bits per heavy atom. The van der Waals surface area contributed by atoms with Crippen LogP contribution in [0.2, 0.25) is 0 Å². The van der Waals surface area contributed by atoms with Crippen molar-refractivity contribution in [2.45, 2.75) is 32.6 Å². The molecule has 3 N–H and O–H groups in total. The molecule has 1 saturated carbocycles. The van der Waals surface area contributed by atoms with E-state index >= 15 is 0 Å². The van der Waals surface area contributed by atoms with Gasteiger partial charge in [0.1, 0.15) is 0 Å². The standard InChI is InChI=1S/C9H20N2O2S/c1-2-9(4-3-5-9)8-11-14(12,13)7-6-10/h11H,2-8,10H2,1H3. The molecule has 1 aliphatic rings. The van der Waals surface area contributed by atoms with Gasteiger partial charge in [0, 0.05) is 13.1 Å². The van der Waals surface area contributed by atoms with E-state index in [1.807, 2.05) is 0 Å². The van der Waals surface area contributed by atoms with Gasteiger partial charge in [-0.15, -0.1) is 0 Å². The Hall–Kier alpha value is -0.130. The maximum atomic E-state index is 11.3. The van der Waals surface area contributed by atoms with Crippen LogP contribution in [-0.2, 0) is 10.0 Å². The number of nitrogens with two attached hydrogens (primary N) is 1. The van der Waals surface area contributed by atoms with E-state index in [4.69, 9.17) is 5.73 Å². The van der Waals surface area contributed by atoms with Crippen LogP contribution in [-0.4, -0.2) is 27.3 Å². The lowest BCUT2D eigenvalue weighted by atomic mass is 9.67. The van der Waals surface area contributed by atoms with Crippen molar-refractivity contribution in [3.8, 4) is 0 Å². The molecule has 14 heavy (non-hydrogen) atoms. The van der Waals surface area contributed by atoms with Crippen molar-refractivity contribution in [2.75, 3.05) is 18.8 Å². The van der Waals surface area contributed by atoms with Crippen molar-refractivity contribution < 1.29 is 8.42 Å². The molecule has 0 aromatic rings. The van der Waals surface area contributed by atoms with E-state index in [9.17, 15) is 8.42 Å². The van der Waals surface area contributed by atoms with Crippen LogP contribution in [0.5, 0.6) is 0 Å². The molecule has 0 bridgehead atoms. The highest BCUT2D eigenvalue weighted by Gasteiger charge is 2.35. The number of hydrogen-bond acceptors (Lipinski definition) is 3. The van der Waals surface area contributed by atoms with Crippen molar-refractivity contribution in [3.63, 3.8) is 0 Å². The van der Waals surface area contributed by atoms with Gasteiger partial charge in [-0.1, -0.05) is 13.3 Å². The number of nitrogens with one attached hydrogen (secondary N) is 1. The number of sulfonamides is 1. The fourth-order valence-electron chi connectivity index (χ4n) is 1.82. The van der Waals surface area contributed by atoms with Crippen molar-refractivity contribution in [3.05, 3.63) is 0 Å². The molecular formula is C9H20N2O2S. The van der Waals surface area contributed by atoms with Crippen LogP contribution in [0.3, 0.4) is 0 Å². The van der Waals surface area contributed by atoms with Crippen molar-refractivity contribution in [2.24, 2.45) is 11.1 Å². The third-order valence-electron chi connectivity index (χ3n) is 3.22. The lowest BCUT2D eigenvalue weighted by molar-refractivity contribution is 0.133. The van der Waals surface area contributed by atoms with E-state index in [2.05, 4.69) is 11.6 Å². The first-order valence-corrected chi connectivity index (χ1v) is 6.86. The topological polar surface area (TPSA) is 72.2 Å². The highest BCUT2D eigenvalue weighted by molar-refractivity contribution is 7.89. The Labute approximate surface area is 86.3 Å². The Morgan fingerprint density at radius 3 is 2.43 bits per heavy atom. The van der Waals surface area contributed by atoms with Crippen molar-refractivity contribution in [1.82, 2.24) is 4.72 Å². The molecule has 0 radical (unpaired) electrons. The zero-order valence-corrected chi connectivity index (χ0v) is 9.57. The quantitative estimate of drug-likeness (QED) is 0.682. The Bertz CT molecular complexity index is 265. The van der Waals surface area contributed by atoms with Gasteiger partial charge < -0.3 is 5.73 Å². The first kappa shape index (κ1) is 11.9. The summed E-state index contributed by atoms with van der Waals surface area (Å²) < 4.78 is 25.3. The van der Waals surface area contributed by atoms with Gasteiger partial charge >= 0.3 is 0 Å². The molecule has 1 fully saturated rings. The second-order valence-electron chi connectivity index (χ2n) is 4.14. The molecule has 0 aromatic heterocycles. The lowest BCUT2D eigenvalue weighted by Crippen LogP contribution is -2.43. The minimum absolute atomic E-state index is 0.0345. The molecule has 5 heteroatoms. The molecule has 1 rings (SSSR count). The van der Waals surface area contributed by atoms with Gasteiger partial charge in [-0.05, 0) is 24.7 Å². The maximum Gasteiger partial charge on any atom is 0.212 e. The normalized spacial score (nSPS) is 20.4. The second kappa shape index (κ2) is 4.59. The SMILES string of the molecule is CCC1(CNS(=O)(=O)CCN)CCC1. The summed E-state index contributed by atoms with van der Waals surface area (Å²) in [6.45, 7) is 2.90. The van der Waals surface area contributed by atoms with Crippen LogP contribution in [0.1, 0.15) is 32.6 Å². The van der Waals surface area contributed by atoms with E-state index < -0.39 is 10.0 Å². The monoisotopic (exact) mass is 220 g/mol. The van der Waals surface area contributed by atoms with Gasteiger partial charge in [0.25, 0.3) is 0 Å². The Morgan fingerprint density at radius 2 is 2.07 bits per heavy atom. The van der Waals surface area contributed by atoms with Crippen LogP contribution in [0, 0.1) is 5.41 Å². The molecule has 84 valence electrons. The predicted molar refractivity (Wildman–Crippen MR) is 57.4 cm³/mol. The molecule has 0 saturated heterocycles. The molecular weight excluding hydrogens is 200 g/mol. The van der Waals surface area contributed by atoms with Gasteiger partial charge in [0.2, 0.25) is 10.0 Å². The molecule has 0 heterocycles. The molecule has 0 spiro atoms. The van der Waals surface area contributed by atoms with Crippen LogP contribution in [0.25, 0.3) is 0 Å². The molecule has 0 atom stereocenters. The van der Waals surface area contributed by atoms with E-state index in [0.29, 0.717) is 6.54 Å². The fraction of sp³-hybridized carbons (Fsp3) is 1.00. The summed E-state index contributed by atoms with van der Waals surface area (Å²) >= 11 is 0. The largest absolute Gasteiger partial charge is 0.329 e. The smallest absolute Gasteiger partial charge is 0.212 e. The summed E-state index contributed by atoms with van der Waals surface area (Å²) in [5.41, 5.74) is 5.45.